The number of nitrogens with two attached hydrogens (primary N) is 2. The molecule has 2 aromatic heterocycles. The number of aryl methyl sites for hydroxylation is 1. The highest BCUT2D eigenvalue weighted by atomic mass is 16.2. The predicted molar refractivity (Wildman–Crippen MR) is 67.6 cm³/mol. The van der Waals surface area contributed by atoms with Crippen LogP contribution in [0.4, 0.5) is 0 Å². The minimum atomic E-state index is -1.55. The van der Waals surface area contributed by atoms with Crippen molar-refractivity contribution in [3.05, 3.63) is 27.2 Å². The summed E-state index contributed by atoms with van der Waals surface area (Å²) in [6, 6.07) is -1.55. The Bertz CT molecular complexity index is 828. The number of carbonyl (C=O) groups is 2. The molecule has 4 N–H and O–H groups in total. The molecule has 2 aromatic rings. The smallest absolute Gasteiger partial charge is 0.332 e. The van der Waals surface area contributed by atoms with E-state index in [0.29, 0.717) is 0 Å². The monoisotopic (exact) mass is 280 g/mol. The molecule has 0 unspecified atom stereocenters. The van der Waals surface area contributed by atoms with Gasteiger partial charge in [-0.1, -0.05) is 0 Å². The SMILES string of the molecule is Cn1c(=O)c2c(ncn2C(C(N)=O)C(N)=O)n(C)c1=O. The van der Waals surface area contributed by atoms with Gasteiger partial charge in [0.15, 0.2) is 17.2 Å². The number of carbonyl (C=O) groups excluding carboxylic acids is 2. The Morgan fingerprint density at radius 1 is 1.15 bits per heavy atom. The third-order valence-corrected chi connectivity index (χ3v) is 2.99. The molecule has 0 atom stereocenters. The highest BCUT2D eigenvalue weighted by molar-refractivity contribution is 6.02. The van der Waals surface area contributed by atoms with E-state index in [-0.39, 0.29) is 11.2 Å². The number of primary amides is 2. The maximum absolute atomic E-state index is 12.1. The minimum Gasteiger partial charge on any atom is -0.367 e. The van der Waals surface area contributed by atoms with Gasteiger partial charge >= 0.3 is 5.69 Å². The van der Waals surface area contributed by atoms with Gasteiger partial charge < -0.3 is 16.0 Å². The second kappa shape index (κ2) is 4.33. The van der Waals surface area contributed by atoms with Gasteiger partial charge in [-0.2, -0.15) is 0 Å². The fourth-order valence-electron chi connectivity index (χ4n) is 1.97. The highest BCUT2D eigenvalue weighted by Gasteiger charge is 2.27. The van der Waals surface area contributed by atoms with E-state index in [2.05, 4.69) is 4.98 Å². The maximum Gasteiger partial charge on any atom is 0.332 e. The highest BCUT2D eigenvalue weighted by Crippen LogP contribution is 2.12. The molecule has 2 heterocycles. The number of hydrogen-bond acceptors (Lipinski definition) is 5. The van der Waals surface area contributed by atoms with Crippen molar-refractivity contribution in [2.24, 2.45) is 25.6 Å². The normalized spacial score (nSPS) is 11.2. The molecule has 0 saturated heterocycles. The standard InChI is InChI=1S/C10H12N6O4/c1-14-8-5(9(19)15(2)10(14)20)16(3-13-8)4(6(11)17)7(12)18/h3-4H,1-2H3,(H2,11,17)(H2,12,18). The molecule has 0 radical (unpaired) electrons. The Balaban J connectivity index is 2.95. The first-order valence-corrected chi connectivity index (χ1v) is 5.48. The zero-order valence-corrected chi connectivity index (χ0v) is 10.7. The van der Waals surface area contributed by atoms with E-state index in [0.717, 1.165) is 20.0 Å². The number of hydrogen-bond donors (Lipinski definition) is 2. The van der Waals surface area contributed by atoms with E-state index < -0.39 is 29.1 Å². The number of fused-ring (bicyclic) bond motifs is 1. The molecule has 10 heteroatoms. The molecule has 2 rings (SSSR count). The van der Waals surface area contributed by atoms with Crippen LogP contribution in [0, 0.1) is 0 Å². The average molecular weight is 280 g/mol. The molecule has 106 valence electrons. The van der Waals surface area contributed by atoms with Crippen LogP contribution in [0.3, 0.4) is 0 Å². The molecule has 0 bridgehead atoms. The van der Waals surface area contributed by atoms with Gasteiger partial charge in [-0.15, -0.1) is 0 Å². The molecule has 0 aromatic carbocycles. The second-order valence-electron chi connectivity index (χ2n) is 4.24. The summed E-state index contributed by atoms with van der Waals surface area (Å²) >= 11 is 0. The van der Waals surface area contributed by atoms with Gasteiger partial charge in [0.25, 0.3) is 5.56 Å². The topological polar surface area (TPSA) is 148 Å². The number of imidazole rings is 1. The Kier molecular flexibility index (Phi) is 2.93. The van der Waals surface area contributed by atoms with Gasteiger partial charge in [0.05, 0.1) is 6.33 Å². The van der Waals surface area contributed by atoms with E-state index in [1.165, 1.54) is 14.1 Å². The van der Waals surface area contributed by atoms with E-state index in [1.54, 1.807) is 0 Å². The third kappa shape index (κ3) is 1.69. The third-order valence-electron chi connectivity index (χ3n) is 2.99. The summed E-state index contributed by atoms with van der Waals surface area (Å²) in [6.45, 7) is 0. The molecular weight excluding hydrogens is 268 g/mol. The Labute approximate surface area is 111 Å². The fourth-order valence-corrected chi connectivity index (χ4v) is 1.97. The molecule has 0 saturated carbocycles. The van der Waals surface area contributed by atoms with Gasteiger partial charge in [-0.05, 0) is 0 Å². The summed E-state index contributed by atoms with van der Waals surface area (Å²) in [5, 5.41) is 0. The van der Waals surface area contributed by atoms with Crippen molar-refractivity contribution >= 4 is 23.0 Å². The van der Waals surface area contributed by atoms with Gasteiger partial charge in [0.2, 0.25) is 11.8 Å². The molecule has 20 heavy (non-hydrogen) atoms. The Morgan fingerprint density at radius 3 is 2.20 bits per heavy atom. The quantitative estimate of drug-likeness (QED) is 0.573. The van der Waals surface area contributed by atoms with Gasteiger partial charge in [0, 0.05) is 14.1 Å². The lowest BCUT2D eigenvalue weighted by Gasteiger charge is -2.12. The van der Waals surface area contributed by atoms with E-state index in [1.807, 2.05) is 0 Å². The molecule has 0 aliphatic rings. The molecule has 0 aliphatic heterocycles. The summed E-state index contributed by atoms with van der Waals surface area (Å²) in [5.41, 5.74) is 8.87. The molecule has 0 spiro atoms. The lowest BCUT2D eigenvalue weighted by molar-refractivity contribution is -0.130. The lowest BCUT2D eigenvalue weighted by Crippen LogP contribution is -2.41. The van der Waals surface area contributed by atoms with Crippen LogP contribution >= 0.6 is 0 Å². The Hall–Kier alpha value is -2.91. The van der Waals surface area contributed by atoms with E-state index in [4.69, 9.17) is 11.5 Å². The van der Waals surface area contributed by atoms with Crippen LogP contribution in [-0.2, 0) is 23.7 Å². The van der Waals surface area contributed by atoms with Gasteiger partial charge in [-0.3, -0.25) is 23.5 Å². The van der Waals surface area contributed by atoms with Crippen molar-refractivity contribution in [2.75, 3.05) is 0 Å². The second-order valence-corrected chi connectivity index (χ2v) is 4.24. The molecule has 0 aliphatic carbocycles. The largest absolute Gasteiger partial charge is 0.367 e. The zero-order valence-electron chi connectivity index (χ0n) is 10.7. The number of aromatic nitrogens is 4. The predicted octanol–water partition coefficient (Wildman–Crippen LogP) is -3.05. The first-order chi connectivity index (χ1) is 9.27. The van der Waals surface area contributed by atoms with Crippen LogP contribution in [-0.4, -0.2) is 30.5 Å². The van der Waals surface area contributed by atoms with Crippen molar-refractivity contribution in [1.29, 1.82) is 0 Å². The van der Waals surface area contributed by atoms with Crippen molar-refractivity contribution in [3.63, 3.8) is 0 Å². The van der Waals surface area contributed by atoms with Crippen molar-refractivity contribution < 1.29 is 9.59 Å². The summed E-state index contributed by atoms with van der Waals surface area (Å²) in [7, 11) is 2.68. The number of nitrogens with zero attached hydrogens (tertiary/aromatic N) is 4. The van der Waals surface area contributed by atoms with Gasteiger partial charge in [-0.25, -0.2) is 9.78 Å². The molecule has 2 amide bonds. The van der Waals surface area contributed by atoms with Crippen LogP contribution in [0.25, 0.3) is 11.2 Å². The summed E-state index contributed by atoms with van der Waals surface area (Å²) in [4.78, 5) is 50.4. The summed E-state index contributed by atoms with van der Waals surface area (Å²) < 4.78 is 2.92. The van der Waals surface area contributed by atoms with Crippen LogP contribution in [0.2, 0.25) is 0 Å². The lowest BCUT2D eigenvalue weighted by atomic mass is 10.2. The zero-order chi connectivity index (χ0) is 15.2. The van der Waals surface area contributed by atoms with Crippen LogP contribution in [0.1, 0.15) is 6.04 Å². The molecule has 0 fully saturated rings. The fraction of sp³-hybridized carbons (Fsp3) is 0.300. The molecular formula is C10H12N6O4. The van der Waals surface area contributed by atoms with Crippen molar-refractivity contribution in [2.45, 2.75) is 6.04 Å². The van der Waals surface area contributed by atoms with Crippen molar-refractivity contribution in [1.82, 2.24) is 18.7 Å². The first kappa shape index (κ1) is 13.5. The summed E-state index contributed by atoms with van der Waals surface area (Å²) in [5.74, 6) is -2.04. The van der Waals surface area contributed by atoms with Crippen LogP contribution < -0.4 is 22.7 Å². The van der Waals surface area contributed by atoms with Gasteiger partial charge in [0.1, 0.15) is 0 Å². The van der Waals surface area contributed by atoms with E-state index in [9.17, 15) is 19.2 Å². The van der Waals surface area contributed by atoms with E-state index >= 15 is 0 Å². The molecule has 10 nitrogen and oxygen atoms in total. The summed E-state index contributed by atoms with van der Waals surface area (Å²) in [6.07, 6.45) is 1.08. The minimum absolute atomic E-state index is 0.0330. The number of amides is 2. The number of rotatable bonds is 3. The van der Waals surface area contributed by atoms with Crippen molar-refractivity contribution in [3.8, 4) is 0 Å². The van der Waals surface area contributed by atoms with Crippen LogP contribution in [0.15, 0.2) is 15.9 Å². The maximum atomic E-state index is 12.1. The Morgan fingerprint density at radius 2 is 1.70 bits per heavy atom. The van der Waals surface area contributed by atoms with Crippen LogP contribution in [0.5, 0.6) is 0 Å². The average Bonchev–Trinajstić information content (AvgIpc) is 2.77. The first-order valence-electron chi connectivity index (χ1n) is 5.48.